The number of nitrogens with one attached hydrogen (secondary N) is 1. The first-order valence-electron chi connectivity index (χ1n) is 6.78. The zero-order valence-electron chi connectivity index (χ0n) is 11.4. The van der Waals surface area contributed by atoms with Crippen molar-refractivity contribution in [2.75, 3.05) is 6.54 Å². The van der Waals surface area contributed by atoms with Gasteiger partial charge in [-0.25, -0.2) is 4.98 Å². The van der Waals surface area contributed by atoms with Crippen LogP contribution in [0.1, 0.15) is 32.2 Å². The quantitative estimate of drug-likeness (QED) is 0.855. The van der Waals surface area contributed by atoms with E-state index in [2.05, 4.69) is 50.4 Å². The molecular formula is C15H22N2S. The summed E-state index contributed by atoms with van der Waals surface area (Å²) in [4.78, 5) is 4.72. The van der Waals surface area contributed by atoms with Crippen molar-refractivity contribution in [1.82, 2.24) is 10.3 Å². The minimum atomic E-state index is 0.533. The Morgan fingerprint density at radius 3 is 2.72 bits per heavy atom. The van der Waals surface area contributed by atoms with E-state index in [0.29, 0.717) is 12.0 Å². The molecule has 0 amide bonds. The number of fused-ring (bicyclic) bond motifs is 1. The fourth-order valence-corrected chi connectivity index (χ4v) is 3.09. The van der Waals surface area contributed by atoms with Crippen molar-refractivity contribution in [1.29, 1.82) is 0 Å². The largest absolute Gasteiger partial charge is 0.313 e. The van der Waals surface area contributed by atoms with Crippen molar-refractivity contribution in [3.63, 3.8) is 0 Å². The Bertz CT molecular complexity index is 457. The van der Waals surface area contributed by atoms with E-state index in [1.54, 1.807) is 0 Å². The number of aromatic nitrogens is 1. The average molecular weight is 262 g/mol. The van der Waals surface area contributed by atoms with Crippen LogP contribution in [-0.4, -0.2) is 17.6 Å². The van der Waals surface area contributed by atoms with E-state index in [1.165, 1.54) is 16.1 Å². The van der Waals surface area contributed by atoms with E-state index in [1.807, 2.05) is 11.3 Å². The van der Waals surface area contributed by atoms with Crippen LogP contribution in [0.4, 0.5) is 0 Å². The predicted molar refractivity (Wildman–Crippen MR) is 80.2 cm³/mol. The first kappa shape index (κ1) is 13.5. The van der Waals surface area contributed by atoms with Gasteiger partial charge in [0.15, 0.2) is 0 Å². The minimum absolute atomic E-state index is 0.533. The summed E-state index contributed by atoms with van der Waals surface area (Å²) >= 11 is 1.83. The second-order valence-corrected chi connectivity index (χ2v) is 6.20. The van der Waals surface area contributed by atoms with Crippen molar-refractivity contribution in [3.05, 3.63) is 29.3 Å². The molecule has 0 aliphatic heterocycles. The van der Waals surface area contributed by atoms with Gasteiger partial charge in [0.25, 0.3) is 0 Å². The van der Waals surface area contributed by atoms with Crippen LogP contribution in [0.25, 0.3) is 10.2 Å². The molecule has 0 fully saturated rings. The van der Waals surface area contributed by atoms with Crippen LogP contribution in [-0.2, 0) is 6.42 Å². The van der Waals surface area contributed by atoms with E-state index in [9.17, 15) is 0 Å². The summed E-state index contributed by atoms with van der Waals surface area (Å²) in [6.45, 7) is 7.86. The van der Waals surface area contributed by atoms with Crippen molar-refractivity contribution in [3.8, 4) is 0 Å². The highest BCUT2D eigenvalue weighted by Gasteiger charge is 2.15. The normalized spacial score (nSPS) is 13.3. The molecule has 0 aliphatic carbocycles. The lowest BCUT2D eigenvalue weighted by atomic mass is 10.0. The molecule has 2 rings (SSSR count). The van der Waals surface area contributed by atoms with Gasteiger partial charge in [-0.3, -0.25) is 0 Å². The summed E-state index contributed by atoms with van der Waals surface area (Å²) in [6, 6.07) is 8.92. The molecule has 1 aromatic carbocycles. The number of hydrogen-bond acceptors (Lipinski definition) is 3. The summed E-state index contributed by atoms with van der Waals surface area (Å²) in [5, 5.41) is 4.88. The van der Waals surface area contributed by atoms with Crippen LogP contribution in [0.2, 0.25) is 0 Å². The smallest absolute Gasteiger partial charge is 0.0954 e. The van der Waals surface area contributed by atoms with Crippen molar-refractivity contribution in [2.24, 2.45) is 5.92 Å². The number of hydrogen-bond donors (Lipinski definition) is 1. The Morgan fingerprint density at radius 1 is 1.28 bits per heavy atom. The highest BCUT2D eigenvalue weighted by molar-refractivity contribution is 7.18. The Kier molecular flexibility index (Phi) is 4.72. The zero-order valence-corrected chi connectivity index (χ0v) is 12.3. The molecule has 98 valence electrons. The average Bonchev–Trinajstić information content (AvgIpc) is 2.76. The fourth-order valence-electron chi connectivity index (χ4n) is 2.07. The molecular weight excluding hydrogens is 240 g/mol. The van der Waals surface area contributed by atoms with E-state index in [0.717, 1.165) is 18.5 Å². The molecule has 0 saturated carbocycles. The van der Waals surface area contributed by atoms with E-state index < -0.39 is 0 Å². The van der Waals surface area contributed by atoms with E-state index in [-0.39, 0.29) is 0 Å². The predicted octanol–water partition coefficient (Wildman–Crippen LogP) is 3.86. The van der Waals surface area contributed by atoms with Crippen molar-refractivity contribution < 1.29 is 0 Å². The topological polar surface area (TPSA) is 24.9 Å². The van der Waals surface area contributed by atoms with Gasteiger partial charge in [0, 0.05) is 12.5 Å². The van der Waals surface area contributed by atoms with Crippen LogP contribution in [0.15, 0.2) is 24.3 Å². The maximum absolute atomic E-state index is 4.72. The highest BCUT2D eigenvalue weighted by Crippen LogP contribution is 2.23. The third-order valence-electron chi connectivity index (χ3n) is 3.19. The zero-order chi connectivity index (χ0) is 13.0. The Hall–Kier alpha value is -0.930. The van der Waals surface area contributed by atoms with Crippen LogP contribution < -0.4 is 5.32 Å². The number of rotatable bonds is 6. The van der Waals surface area contributed by atoms with Gasteiger partial charge < -0.3 is 5.32 Å². The van der Waals surface area contributed by atoms with E-state index >= 15 is 0 Å². The molecule has 0 radical (unpaired) electrons. The third-order valence-corrected chi connectivity index (χ3v) is 4.25. The van der Waals surface area contributed by atoms with E-state index in [4.69, 9.17) is 4.98 Å². The molecule has 0 bridgehead atoms. The number of para-hydroxylation sites is 1. The maximum Gasteiger partial charge on any atom is 0.0954 e. The molecule has 2 aromatic rings. The second kappa shape index (κ2) is 6.30. The molecule has 1 atom stereocenters. The number of thiazole rings is 1. The lowest BCUT2D eigenvalue weighted by Crippen LogP contribution is -2.36. The summed E-state index contributed by atoms with van der Waals surface area (Å²) in [6.07, 6.45) is 2.22. The van der Waals surface area contributed by atoms with Crippen molar-refractivity contribution in [2.45, 2.75) is 39.7 Å². The molecule has 1 aromatic heterocycles. The minimum Gasteiger partial charge on any atom is -0.313 e. The first-order valence-corrected chi connectivity index (χ1v) is 7.60. The molecule has 1 unspecified atom stereocenters. The van der Waals surface area contributed by atoms with Crippen LogP contribution >= 0.6 is 11.3 Å². The summed E-state index contributed by atoms with van der Waals surface area (Å²) in [5.74, 6) is 0.642. The summed E-state index contributed by atoms with van der Waals surface area (Å²) in [5.41, 5.74) is 1.13. The molecule has 18 heavy (non-hydrogen) atoms. The molecule has 1 heterocycles. The SMILES string of the molecule is CCCNC(Cc1nc2ccccc2s1)C(C)C. The Labute approximate surface area is 113 Å². The lowest BCUT2D eigenvalue weighted by Gasteiger charge is -2.21. The first-order chi connectivity index (χ1) is 8.70. The van der Waals surface area contributed by atoms with Crippen LogP contribution in [0.5, 0.6) is 0 Å². The van der Waals surface area contributed by atoms with Crippen molar-refractivity contribution >= 4 is 21.6 Å². The Morgan fingerprint density at radius 2 is 2.06 bits per heavy atom. The number of benzene rings is 1. The molecule has 0 aliphatic rings. The van der Waals surface area contributed by atoms with Gasteiger partial charge in [-0.1, -0.05) is 32.9 Å². The van der Waals surface area contributed by atoms with Gasteiger partial charge in [0.05, 0.1) is 15.2 Å². The standard InChI is InChI=1S/C15H22N2S/c1-4-9-16-13(11(2)3)10-15-17-12-7-5-6-8-14(12)18-15/h5-8,11,13,16H,4,9-10H2,1-3H3. The van der Waals surface area contributed by atoms with Gasteiger partial charge in [0.2, 0.25) is 0 Å². The van der Waals surface area contributed by atoms with Gasteiger partial charge in [-0.2, -0.15) is 0 Å². The molecule has 0 spiro atoms. The maximum atomic E-state index is 4.72. The molecule has 1 N–H and O–H groups in total. The molecule has 2 nitrogen and oxygen atoms in total. The van der Waals surface area contributed by atoms with Gasteiger partial charge >= 0.3 is 0 Å². The molecule has 3 heteroatoms. The van der Waals surface area contributed by atoms with Gasteiger partial charge in [0.1, 0.15) is 0 Å². The van der Waals surface area contributed by atoms with Crippen LogP contribution in [0, 0.1) is 5.92 Å². The fraction of sp³-hybridized carbons (Fsp3) is 0.533. The Balaban J connectivity index is 2.10. The summed E-state index contributed by atoms with van der Waals surface area (Å²) in [7, 11) is 0. The third kappa shape index (κ3) is 3.30. The van der Waals surface area contributed by atoms with Gasteiger partial charge in [-0.15, -0.1) is 11.3 Å². The monoisotopic (exact) mass is 262 g/mol. The number of nitrogens with zero attached hydrogens (tertiary/aromatic N) is 1. The summed E-state index contributed by atoms with van der Waals surface area (Å²) < 4.78 is 1.30. The van der Waals surface area contributed by atoms with Crippen LogP contribution in [0.3, 0.4) is 0 Å². The van der Waals surface area contributed by atoms with Gasteiger partial charge in [-0.05, 0) is 31.0 Å². The lowest BCUT2D eigenvalue weighted by molar-refractivity contribution is 0.397. The highest BCUT2D eigenvalue weighted by atomic mass is 32.1. The second-order valence-electron chi connectivity index (χ2n) is 5.08. The molecule has 0 saturated heterocycles.